The molecule has 1 unspecified atom stereocenters. The molecule has 1 N–H and O–H groups in total. The van der Waals surface area contributed by atoms with Crippen molar-refractivity contribution in [3.05, 3.63) is 29.8 Å². The van der Waals surface area contributed by atoms with E-state index in [4.69, 9.17) is 23.5 Å². The van der Waals surface area contributed by atoms with E-state index in [1.165, 1.54) is 0 Å². The maximum atomic E-state index is 13.9. The topological polar surface area (TPSA) is 83.5 Å². The maximum Gasteiger partial charge on any atom is 0.262 e. The van der Waals surface area contributed by atoms with Crippen LogP contribution >= 0.6 is 7.37 Å². The molecular weight excluding hydrogens is 371 g/mol. The first kappa shape index (κ1) is 19.5. The van der Waals surface area contributed by atoms with E-state index in [0.717, 1.165) is 5.56 Å². The van der Waals surface area contributed by atoms with E-state index in [1.807, 2.05) is 26.8 Å². The van der Waals surface area contributed by atoms with Gasteiger partial charge in [-0.15, -0.1) is 0 Å². The predicted molar refractivity (Wildman–Crippen MR) is 98.0 cm³/mol. The van der Waals surface area contributed by atoms with Gasteiger partial charge < -0.3 is 28.6 Å². The quantitative estimate of drug-likeness (QED) is 0.766. The average Bonchev–Trinajstić information content (AvgIpc) is 3.10. The first-order valence-electron chi connectivity index (χ1n) is 9.22. The Hall–Kier alpha value is -0.790. The van der Waals surface area contributed by atoms with Gasteiger partial charge in [0.05, 0.1) is 6.61 Å². The molecule has 1 aromatic carbocycles. The summed E-state index contributed by atoms with van der Waals surface area (Å²) in [5, 5.41) is 11.4. The van der Waals surface area contributed by atoms with Gasteiger partial charge in [-0.2, -0.15) is 0 Å². The summed E-state index contributed by atoms with van der Waals surface area (Å²) in [4.78, 5) is 0. The molecule has 3 heterocycles. The van der Waals surface area contributed by atoms with Gasteiger partial charge in [-0.1, -0.05) is 17.7 Å². The monoisotopic (exact) mass is 398 g/mol. The van der Waals surface area contributed by atoms with Crippen LogP contribution in [0.15, 0.2) is 24.3 Å². The number of aryl methyl sites for hydroxylation is 1. The smallest absolute Gasteiger partial charge is 0.262 e. The highest BCUT2D eigenvalue weighted by molar-refractivity contribution is 7.67. The first-order valence-corrected chi connectivity index (χ1v) is 10.9. The van der Waals surface area contributed by atoms with Gasteiger partial charge in [0.25, 0.3) is 7.37 Å². The fraction of sp³-hybridized carbons (Fsp3) is 0.684. The Morgan fingerprint density at radius 2 is 1.74 bits per heavy atom. The minimum absolute atomic E-state index is 0.286. The summed E-state index contributed by atoms with van der Waals surface area (Å²) >= 11 is 0. The summed E-state index contributed by atoms with van der Waals surface area (Å²) in [5.41, 5.74) is 0.933. The molecule has 0 bridgehead atoms. The zero-order chi connectivity index (χ0) is 19.6. The largest absolute Gasteiger partial charge is 0.380 e. The number of aliphatic hydroxyl groups excluding tert-OH is 1. The molecular formula is C19H27O7P. The van der Waals surface area contributed by atoms with Crippen LogP contribution in [0.25, 0.3) is 0 Å². The predicted octanol–water partition coefficient (Wildman–Crippen LogP) is 2.29. The van der Waals surface area contributed by atoms with Gasteiger partial charge in [0.2, 0.25) is 0 Å². The lowest BCUT2D eigenvalue weighted by Crippen LogP contribution is -2.55. The highest BCUT2D eigenvalue weighted by Gasteiger charge is 2.62. The van der Waals surface area contributed by atoms with Crippen LogP contribution in [0, 0.1) is 6.92 Å². The molecule has 8 heteroatoms. The summed E-state index contributed by atoms with van der Waals surface area (Å²) in [6.45, 7) is 9.36. The second-order valence-corrected chi connectivity index (χ2v) is 10.8. The molecule has 0 aliphatic carbocycles. The molecule has 0 amide bonds. The molecule has 3 saturated heterocycles. The zero-order valence-corrected chi connectivity index (χ0v) is 17.1. The van der Waals surface area contributed by atoms with Gasteiger partial charge >= 0.3 is 0 Å². The number of benzene rings is 1. The second kappa shape index (κ2) is 6.36. The van der Waals surface area contributed by atoms with Crippen LogP contribution in [0.2, 0.25) is 0 Å². The number of ether oxygens (including phenoxy) is 4. The molecule has 3 aliphatic heterocycles. The molecule has 3 fully saturated rings. The number of aliphatic hydroxyl groups is 1. The molecule has 27 heavy (non-hydrogen) atoms. The van der Waals surface area contributed by atoms with Crippen LogP contribution in [0.1, 0.15) is 33.3 Å². The van der Waals surface area contributed by atoms with E-state index < -0.39 is 49.2 Å². The van der Waals surface area contributed by atoms with Crippen LogP contribution in [0.3, 0.4) is 0 Å². The Bertz CT molecular complexity index is 777. The Balaban J connectivity index is 1.74. The molecule has 0 saturated carbocycles. The fourth-order valence-corrected chi connectivity index (χ4v) is 6.45. The van der Waals surface area contributed by atoms with Crippen molar-refractivity contribution in [3.8, 4) is 0 Å². The molecule has 6 atom stereocenters. The van der Waals surface area contributed by atoms with Crippen LogP contribution in [-0.4, -0.2) is 53.5 Å². The van der Waals surface area contributed by atoms with E-state index in [9.17, 15) is 9.67 Å². The number of hydrogen-bond donors (Lipinski definition) is 1. The van der Waals surface area contributed by atoms with Gasteiger partial charge in [-0.25, -0.2) is 0 Å². The van der Waals surface area contributed by atoms with Crippen LogP contribution in [0.5, 0.6) is 0 Å². The van der Waals surface area contributed by atoms with Gasteiger partial charge in [0, 0.05) is 5.30 Å². The lowest BCUT2D eigenvalue weighted by molar-refractivity contribution is -0.174. The third kappa shape index (κ3) is 3.40. The molecule has 4 rings (SSSR count). The van der Waals surface area contributed by atoms with Crippen molar-refractivity contribution in [1.29, 1.82) is 0 Å². The minimum Gasteiger partial charge on any atom is -0.380 e. The minimum atomic E-state index is -3.65. The van der Waals surface area contributed by atoms with Gasteiger partial charge in [-0.3, -0.25) is 4.57 Å². The number of hydrogen-bond acceptors (Lipinski definition) is 7. The molecule has 0 aromatic heterocycles. The van der Waals surface area contributed by atoms with Crippen molar-refractivity contribution in [2.45, 2.75) is 76.5 Å². The highest BCUT2D eigenvalue weighted by Crippen LogP contribution is 2.60. The van der Waals surface area contributed by atoms with E-state index in [1.54, 1.807) is 32.0 Å². The molecule has 3 aliphatic rings. The van der Waals surface area contributed by atoms with Crippen molar-refractivity contribution in [1.82, 2.24) is 0 Å². The summed E-state index contributed by atoms with van der Waals surface area (Å²) in [6.07, 6.45) is -2.55. The van der Waals surface area contributed by atoms with E-state index in [2.05, 4.69) is 0 Å². The van der Waals surface area contributed by atoms with E-state index in [-0.39, 0.29) is 6.61 Å². The standard InChI is InChI=1S/C19H27O7P/c1-11-7-6-8-12(9-11)27(21)17(20)16-15(24-19(4,5)25-16)14(26-27)13-10-22-18(2,3)23-13/h6-9,13-17,20H,10H2,1-5H3/t13-,14-,15+,16+,17-,27?/m1/s1. The van der Waals surface area contributed by atoms with Crippen LogP contribution < -0.4 is 5.30 Å². The average molecular weight is 398 g/mol. The fourth-order valence-electron chi connectivity index (χ4n) is 3.99. The summed E-state index contributed by atoms with van der Waals surface area (Å²) in [5.74, 6) is -3.01. The van der Waals surface area contributed by atoms with E-state index in [0.29, 0.717) is 5.30 Å². The lowest BCUT2D eigenvalue weighted by Gasteiger charge is -2.41. The van der Waals surface area contributed by atoms with Gasteiger partial charge in [-0.05, 0) is 46.8 Å². The third-order valence-electron chi connectivity index (χ3n) is 5.17. The van der Waals surface area contributed by atoms with Crippen molar-refractivity contribution in [2.75, 3.05) is 6.61 Å². The summed E-state index contributed by atoms with van der Waals surface area (Å²) in [7, 11) is -3.65. The van der Waals surface area contributed by atoms with Gasteiger partial charge in [0.1, 0.15) is 24.4 Å². The normalized spacial score (nSPS) is 42.8. The van der Waals surface area contributed by atoms with Crippen molar-refractivity contribution in [2.24, 2.45) is 0 Å². The van der Waals surface area contributed by atoms with Crippen molar-refractivity contribution in [3.63, 3.8) is 0 Å². The molecule has 150 valence electrons. The Kier molecular flexibility index (Phi) is 4.60. The number of rotatable bonds is 2. The lowest BCUT2D eigenvalue weighted by atomic mass is 10.0. The Morgan fingerprint density at radius 1 is 1.04 bits per heavy atom. The highest BCUT2D eigenvalue weighted by atomic mass is 31.2. The molecule has 0 spiro atoms. The molecule has 1 aromatic rings. The van der Waals surface area contributed by atoms with Gasteiger partial charge in [0.15, 0.2) is 17.4 Å². The zero-order valence-electron chi connectivity index (χ0n) is 16.2. The SMILES string of the molecule is Cc1cccc(P2(=O)O[C@H]([C@H]3COC(C)(C)O3)[C@@H]3OC(C)(C)O[C@@H]3[C@@H]2O)c1. The first-order chi connectivity index (χ1) is 12.5. The third-order valence-corrected chi connectivity index (χ3v) is 7.71. The van der Waals surface area contributed by atoms with Crippen LogP contribution in [-0.2, 0) is 28.0 Å². The molecule has 0 radical (unpaired) electrons. The maximum absolute atomic E-state index is 13.9. The Morgan fingerprint density at radius 3 is 2.37 bits per heavy atom. The summed E-state index contributed by atoms with van der Waals surface area (Å²) < 4.78 is 43.6. The van der Waals surface area contributed by atoms with Crippen LogP contribution in [0.4, 0.5) is 0 Å². The van der Waals surface area contributed by atoms with Crippen molar-refractivity contribution >= 4 is 12.7 Å². The van der Waals surface area contributed by atoms with Crippen molar-refractivity contribution < 1.29 is 33.1 Å². The summed E-state index contributed by atoms with van der Waals surface area (Å²) in [6, 6.07) is 7.19. The second-order valence-electron chi connectivity index (χ2n) is 8.35. The van der Waals surface area contributed by atoms with E-state index >= 15 is 0 Å². The molecule has 7 nitrogen and oxygen atoms in total. The Labute approximate surface area is 159 Å². The number of fused-ring (bicyclic) bond motifs is 1.